The number of hydrogen-bond acceptors (Lipinski definition) is 6. The molecule has 0 radical (unpaired) electrons. The predicted molar refractivity (Wildman–Crippen MR) is 116 cm³/mol. The van der Waals surface area contributed by atoms with E-state index in [2.05, 4.69) is 13.8 Å². The fourth-order valence-corrected chi connectivity index (χ4v) is 3.72. The van der Waals surface area contributed by atoms with E-state index >= 15 is 0 Å². The summed E-state index contributed by atoms with van der Waals surface area (Å²) in [7, 11) is 0. The van der Waals surface area contributed by atoms with E-state index in [4.69, 9.17) is 18.9 Å². The van der Waals surface area contributed by atoms with E-state index in [0.717, 1.165) is 18.4 Å². The number of carbonyl (C=O) groups excluding carboxylic acids is 2. The summed E-state index contributed by atoms with van der Waals surface area (Å²) in [4.78, 5) is 26.0. The molecule has 7 heteroatoms. The Hall–Kier alpha value is -2.96. The number of fused-ring (bicyclic) bond motifs is 1. The smallest absolute Gasteiger partial charge is 0.359 e. The first kappa shape index (κ1) is 22.7. The molecule has 2 aromatic rings. The van der Waals surface area contributed by atoms with Gasteiger partial charge in [-0.15, -0.1) is 0 Å². The normalized spacial score (nSPS) is 14.6. The van der Waals surface area contributed by atoms with Crippen LogP contribution in [0, 0.1) is 5.41 Å². The summed E-state index contributed by atoms with van der Waals surface area (Å²) in [6.07, 6.45) is 1.70. The first-order chi connectivity index (χ1) is 15.0. The molecule has 3 rings (SSSR count). The van der Waals surface area contributed by atoms with Crippen LogP contribution in [0.5, 0.6) is 11.5 Å². The Morgan fingerprint density at radius 3 is 1.77 bits per heavy atom. The van der Waals surface area contributed by atoms with Gasteiger partial charge in [0, 0.05) is 12.0 Å². The van der Waals surface area contributed by atoms with Gasteiger partial charge in [0.2, 0.25) is 0 Å². The molecular formula is C24H31NO6. The van der Waals surface area contributed by atoms with E-state index in [1.807, 2.05) is 30.3 Å². The van der Waals surface area contributed by atoms with Crippen LogP contribution in [0.4, 0.5) is 0 Å². The lowest BCUT2D eigenvalue weighted by molar-refractivity contribution is 0.0489. The van der Waals surface area contributed by atoms with Crippen LogP contribution in [0.15, 0.2) is 30.3 Å². The van der Waals surface area contributed by atoms with Crippen molar-refractivity contribution in [3.8, 4) is 11.5 Å². The molecule has 1 aliphatic rings. The average Bonchev–Trinajstić information content (AvgIpc) is 2.96. The fraction of sp³-hybridized carbons (Fsp3) is 0.500. The fourth-order valence-electron chi connectivity index (χ4n) is 3.72. The minimum absolute atomic E-state index is 0.173. The topological polar surface area (TPSA) is 76.0 Å². The maximum Gasteiger partial charge on any atom is 0.359 e. The van der Waals surface area contributed by atoms with Gasteiger partial charge in [-0.05, 0) is 32.3 Å². The van der Waals surface area contributed by atoms with E-state index < -0.39 is 11.9 Å². The highest BCUT2D eigenvalue weighted by atomic mass is 16.6. The Morgan fingerprint density at radius 1 is 0.871 bits per heavy atom. The minimum Gasteiger partial charge on any atom is -0.487 e. The Morgan fingerprint density at radius 2 is 1.35 bits per heavy atom. The molecule has 168 valence electrons. The molecule has 1 aromatic heterocycles. The number of benzene rings is 1. The second-order valence-corrected chi connectivity index (χ2v) is 7.65. The number of aromatic nitrogens is 1. The summed E-state index contributed by atoms with van der Waals surface area (Å²) in [6, 6.07) is 9.57. The van der Waals surface area contributed by atoms with Crippen molar-refractivity contribution >= 4 is 11.9 Å². The van der Waals surface area contributed by atoms with Gasteiger partial charge in [0.15, 0.2) is 22.9 Å². The summed E-state index contributed by atoms with van der Waals surface area (Å²) in [6.45, 7) is 9.10. The second kappa shape index (κ2) is 9.90. The summed E-state index contributed by atoms with van der Waals surface area (Å²) in [5.41, 5.74) is 1.06. The van der Waals surface area contributed by atoms with E-state index in [9.17, 15) is 9.59 Å². The zero-order valence-electron chi connectivity index (χ0n) is 18.7. The van der Waals surface area contributed by atoms with Crippen LogP contribution in [0.3, 0.4) is 0 Å². The van der Waals surface area contributed by atoms with Gasteiger partial charge in [0.1, 0.15) is 0 Å². The summed E-state index contributed by atoms with van der Waals surface area (Å²) >= 11 is 0. The maximum atomic E-state index is 13.0. The van der Waals surface area contributed by atoms with E-state index in [1.165, 1.54) is 0 Å². The molecular weight excluding hydrogens is 398 g/mol. The summed E-state index contributed by atoms with van der Waals surface area (Å²) in [5, 5.41) is 0. The Balaban J connectivity index is 2.19. The standard InChI is InChI=1S/C24H31NO6/c1-5-24(6-2)15-30-20-18(22(26)28-7-3)25(14-17-12-10-9-11-13-17)19(21(20)31-16-24)23(27)29-8-4/h9-13H,5-8,14-16H2,1-4H3. The van der Waals surface area contributed by atoms with Gasteiger partial charge < -0.3 is 23.5 Å². The van der Waals surface area contributed by atoms with Gasteiger partial charge >= 0.3 is 11.9 Å². The highest BCUT2D eigenvalue weighted by molar-refractivity contribution is 6.00. The zero-order valence-corrected chi connectivity index (χ0v) is 18.7. The van der Waals surface area contributed by atoms with Gasteiger partial charge in [-0.2, -0.15) is 0 Å². The molecule has 1 aromatic carbocycles. The first-order valence-electron chi connectivity index (χ1n) is 10.9. The number of ether oxygens (including phenoxy) is 4. The van der Waals surface area contributed by atoms with E-state index in [0.29, 0.717) is 13.2 Å². The molecule has 2 heterocycles. The maximum absolute atomic E-state index is 13.0. The van der Waals surface area contributed by atoms with Crippen molar-refractivity contribution in [1.29, 1.82) is 0 Å². The largest absolute Gasteiger partial charge is 0.487 e. The SMILES string of the molecule is CCOC(=O)c1c2c(c(C(=O)OCC)n1Cc1ccccc1)OCC(CC)(CC)CO2. The molecule has 0 saturated heterocycles. The molecule has 0 fully saturated rings. The molecule has 0 bridgehead atoms. The third kappa shape index (κ3) is 4.55. The lowest BCUT2D eigenvalue weighted by atomic mass is 9.84. The van der Waals surface area contributed by atoms with Gasteiger partial charge in [0.05, 0.1) is 26.4 Å². The van der Waals surface area contributed by atoms with Gasteiger partial charge in [0.25, 0.3) is 0 Å². The van der Waals surface area contributed by atoms with Crippen molar-refractivity contribution < 1.29 is 28.5 Å². The van der Waals surface area contributed by atoms with Crippen LogP contribution in [0.2, 0.25) is 0 Å². The highest BCUT2D eigenvalue weighted by Crippen LogP contribution is 2.44. The first-order valence-corrected chi connectivity index (χ1v) is 10.9. The van der Waals surface area contributed by atoms with Crippen molar-refractivity contribution in [2.45, 2.75) is 47.1 Å². The van der Waals surface area contributed by atoms with Crippen molar-refractivity contribution in [2.75, 3.05) is 26.4 Å². The minimum atomic E-state index is -0.561. The van der Waals surface area contributed by atoms with E-state index in [-0.39, 0.29) is 48.1 Å². The molecule has 0 atom stereocenters. The number of rotatable bonds is 8. The predicted octanol–water partition coefficient (Wildman–Crippen LogP) is 4.47. The molecule has 0 N–H and O–H groups in total. The van der Waals surface area contributed by atoms with Crippen LogP contribution >= 0.6 is 0 Å². The molecule has 1 aliphatic heterocycles. The summed E-state index contributed by atoms with van der Waals surface area (Å²) < 4.78 is 24.6. The lowest BCUT2D eigenvalue weighted by Gasteiger charge is -2.28. The number of esters is 2. The quantitative estimate of drug-likeness (QED) is 0.577. The van der Waals surface area contributed by atoms with Crippen LogP contribution in [-0.2, 0) is 16.0 Å². The van der Waals surface area contributed by atoms with Crippen LogP contribution in [0.25, 0.3) is 0 Å². The van der Waals surface area contributed by atoms with Crippen molar-refractivity contribution in [1.82, 2.24) is 4.57 Å². The molecule has 31 heavy (non-hydrogen) atoms. The summed E-state index contributed by atoms with van der Waals surface area (Å²) in [5.74, 6) is -0.619. The Labute approximate surface area is 183 Å². The monoisotopic (exact) mass is 429 g/mol. The highest BCUT2D eigenvalue weighted by Gasteiger charge is 2.40. The van der Waals surface area contributed by atoms with Crippen molar-refractivity contribution in [2.24, 2.45) is 5.41 Å². The van der Waals surface area contributed by atoms with Crippen molar-refractivity contribution in [3.05, 3.63) is 47.3 Å². The van der Waals surface area contributed by atoms with Crippen LogP contribution < -0.4 is 9.47 Å². The van der Waals surface area contributed by atoms with Gasteiger partial charge in [-0.25, -0.2) is 9.59 Å². The molecule has 0 spiro atoms. The lowest BCUT2D eigenvalue weighted by Crippen LogP contribution is -2.32. The third-order valence-electron chi connectivity index (χ3n) is 5.84. The van der Waals surface area contributed by atoms with Crippen LogP contribution in [-0.4, -0.2) is 42.9 Å². The Kier molecular flexibility index (Phi) is 7.25. The molecule has 7 nitrogen and oxygen atoms in total. The Bertz CT molecular complexity index is 864. The zero-order chi connectivity index (χ0) is 22.4. The van der Waals surface area contributed by atoms with Gasteiger partial charge in [-0.1, -0.05) is 44.2 Å². The van der Waals surface area contributed by atoms with Crippen LogP contribution in [0.1, 0.15) is 67.1 Å². The number of nitrogens with zero attached hydrogens (tertiary/aromatic N) is 1. The molecule has 0 saturated carbocycles. The number of carbonyl (C=O) groups is 2. The average molecular weight is 430 g/mol. The number of hydrogen-bond donors (Lipinski definition) is 0. The van der Waals surface area contributed by atoms with Crippen molar-refractivity contribution in [3.63, 3.8) is 0 Å². The molecule has 0 unspecified atom stereocenters. The molecule has 0 aliphatic carbocycles. The van der Waals surface area contributed by atoms with Gasteiger partial charge in [-0.3, -0.25) is 0 Å². The second-order valence-electron chi connectivity index (χ2n) is 7.65. The third-order valence-corrected chi connectivity index (χ3v) is 5.84. The molecule has 0 amide bonds. The van der Waals surface area contributed by atoms with E-state index in [1.54, 1.807) is 18.4 Å².